The fourth-order valence-corrected chi connectivity index (χ4v) is 4.55. The molecular weight excluding hydrogens is 400 g/mol. The van der Waals surface area contributed by atoms with E-state index in [0.29, 0.717) is 35.7 Å². The van der Waals surface area contributed by atoms with Crippen molar-refractivity contribution in [3.63, 3.8) is 0 Å². The normalized spacial score (nSPS) is 20.7. The van der Waals surface area contributed by atoms with Crippen LogP contribution in [-0.4, -0.2) is 42.6 Å². The first-order valence-electron chi connectivity index (χ1n) is 10.4. The Hall–Kier alpha value is -3.55. The first-order valence-corrected chi connectivity index (χ1v) is 10.4. The number of benzene rings is 2. The quantitative estimate of drug-likeness (QED) is 0.765. The standard InChI is InChI=1S/C23H22N2O6/c26-20(14-30-21(27)19-13-29-17-9-3-4-10-18(17)31-19)25-16-8-2-1-7-15(16)24-22(28)23(25)11-5-6-12-23/h1-4,7-10,19H,5-6,11-14H2,(H,24,28). The second-order valence-corrected chi connectivity index (χ2v) is 7.91. The van der Waals surface area contributed by atoms with E-state index >= 15 is 0 Å². The summed E-state index contributed by atoms with van der Waals surface area (Å²) in [6.45, 7) is -0.480. The smallest absolute Gasteiger partial charge is 0.351 e. The van der Waals surface area contributed by atoms with E-state index in [4.69, 9.17) is 14.2 Å². The molecule has 0 aromatic heterocycles. The lowest BCUT2D eigenvalue weighted by Gasteiger charge is -2.44. The summed E-state index contributed by atoms with van der Waals surface area (Å²) in [6, 6.07) is 14.2. The van der Waals surface area contributed by atoms with Crippen LogP contribution in [0.4, 0.5) is 11.4 Å². The van der Waals surface area contributed by atoms with Crippen LogP contribution in [0, 0.1) is 0 Å². The second kappa shape index (κ2) is 7.61. The maximum absolute atomic E-state index is 13.2. The minimum absolute atomic E-state index is 0.00291. The van der Waals surface area contributed by atoms with Gasteiger partial charge >= 0.3 is 5.97 Å². The molecule has 2 heterocycles. The number of ether oxygens (including phenoxy) is 3. The molecule has 2 aromatic rings. The van der Waals surface area contributed by atoms with Crippen LogP contribution >= 0.6 is 0 Å². The van der Waals surface area contributed by atoms with Gasteiger partial charge in [0.15, 0.2) is 18.1 Å². The summed E-state index contributed by atoms with van der Waals surface area (Å²) in [5, 5.41) is 2.93. The van der Waals surface area contributed by atoms with Crippen LogP contribution in [0.3, 0.4) is 0 Å². The molecule has 1 spiro atoms. The van der Waals surface area contributed by atoms with Gasteiger partial charge in [-0.25, -0.2) is 4.79 Å². The molecule has 1 unspecified atom stereocenters. The maximum atomic E-state index is 13.2. The van der Waals surface area contributed by atoms with E-state index in [1.165, 1.54) is 4.90 Å². The zero-order valence-electron chi connectivity index (χ0n) is 16.8. The van der Waals surface area contributed by atoms with Crippen LogP contribution in [0.15, 0.2) is 48.5 Å². The van der Waals surface area contributed by atoms with Crippen molar-refractivity contribution in [1.82, 2.24) is 0 Å². The molecule has 3 aliphatic rings. The molecule has 1 fully saturated rings. The number of fused-ring (bicyclic) bond motifs is 2. The molecule has 160 valence electrons. The van der Waals surface area contributed by atoms with Crippen LogP contribution in [0.1, 0.15) is 25.7 Å². The molecule has 0 radical (unpaired) electrons. The Kier molecular flexibility index (Phi) is 4.77. The lowest BCUT2D eigenvalue weighted by molar-refractivity contribution is -0.157. The number of amides is 2. The van der Waals surface area contributed by atoms with Gasteiger partial charge in [-0.3, -0.25) is 14.5 Å². The summed E-state index contributed by atoms with van der Waals surface area (Å²) in [7, 11) is 0. The fourth-order valence-electron chi connectivity index (χ4n) is 4.55. The molecular formula is C23H22N2O6. The number of carbonyl (C=O) groups excluding carboxylic acids is 3. The van der Waals surface area contributed by atoms with Crippen molar-refractivity contribution in [3.05, 3.63) is 48.5 Å². The lowest BCUT2D eigenvalue weighted by atomic mass is 9.90. The van der Waals surface area contributed by atoms with Gasteiger partial charge < -0.3 is 19.5 Å². The number of para-hydroxylation sites is 4. The average Bonchev–Trinajstić information content (AvgIpc) is 3.28. The molecule has 8 heteroatoms. The summed E-state index contributed by atoms with van der Waals surface area (Å²) in [6.07, 6.45) is 1.89. The number of esters is 1. The van der Waals surface area contributed by atoms with Crippen molar-refractivity contribution in [2.45, 2.75) is 37.3 Å². The zero-order valence-corrected chi connectivity index (χ0v) is 16.8. The number of hydrogen-bond acceptors (Lipinski definition) is 6. The number of carbonyl (C=O) groups is 3. The van der Waals surface area contributed by atoms with E-state index in [1.54, 1.807) is 36.4 Å². The highest BCUT2D eigenvalue weighted by Crippen LogP contribution is 2.45. The van der Waals surface area contributed by atoms with Gasteiger partial charge in [-0.05, 0) is 37.1 Å². The van der Waals surface area contributed by atoms with Crippen molar-refractivity contribution in [2.24, 2.45) is 0 Å². The molecule has 0 saturated heterocycles. The van der Waals surface area contributed by atoms with Crippen LogP contribution < -0.4 is 19.7 Å². The third-order valence-electron chi connectivity index (χ3n) is 6.03. The SMILES string of the molecule is O=C(OCC(=O)N1c2ccccc2NC(=O)C12CCCC2)C1COc2ccccc2O1. The third kappa shape index (κ3) is 3.28. The lowest BCUT2D eigenvalue weighted by Crippen LogP contribution is -2.61. The van der Waals surface area contributed by atoms with Crippen molar-refractivity contribution in [2.75, 3.05) is 23.4 Å². The number of nitrogens with one attached hydrogen (secondary N) is 1. The van der Waals surface area contributed by atoms with Gasteiger partial charge in [-0.2, -0.15) is 0 Å². The molecule has 31 heavy (non-hydrogen) atoms. The van der Waals surface area contributed by atoms with Crippen LogP contribution in [0.2, 0.25) is 0 Å². The van der Waals surface area contributed by atoms with Gasteiger partial charge in [0.25, 0.3) is 11.8 Å². The summed E-state index contributed by atoms with van der Waals surface area (Å²) in [5.41, 5.74) is 0.253. The zero-order chi connectivity index (χ0) is 21.4. The molecule has 2 amide bonds. The van der Waals surface area contributed by atoms with Crippen LogP contribution in [0.5, 0.6) is 11.5 Å². The number of nitrogens with zero attached hydrogens (tertiary/aromatic N) is 1. The van der Waals surface area contributed by atoms with Crippen molar-refractivity contribution < 1.29 is 28.6 Å². The van der Waals surface area contributed by atoms with Crippen molar-refractivity contribution in [1.29, 1.82) is 0 Å². The van der Waals surface area contributed by atoms with Gasteiger partial charge in [0.2, 0.25) is 6.10 Å². The highest BCUT2D eigenvalue weighted by Gasteiger charge is 2.52. The van der Waals surface area contributed by atoms with E-state index in [9.17, 15) is 14.4 Å². The van der Waals surface area contributed by atoms with Gasteiger partial charge in [0.05, 0.1) is 11.4 Å². The second-order valence-electron chi connectivity index (χ2n) is 7.91. The first kappa shape index (κ1) is 19.4. The Morgan fingerprint density at radius 2 is 1.77 bits per heavy atom. The summed E-state index contributed by atoms with van der Waals surface area (Å²) < 4.78 is 16.5. The molecule has 1 atom stereocenters. The number of hydrogen-bond donors (Lipinski definition) is 1. The van der Waals surface area contributed by atoms with Crippen molar-refractivity contribution >= 4 is 29.2 Å². The Morgan fingerprint density at radius 1 is 1.06 bits per heavy atom. The van der Waals surface area contributed by atoms with E-state index in [1.807, 2.05) is 12.1 Å². The summed E-state index contributed by atoms with van der Waals surface area (Å²) in [5.74, 6) is -0.299. The fraction of sp³-hybridized carbons (Fsp3) is 0.348. The summed E-state index contributed by atoms with van der Waals surface area (Å²) in [4.78, 5) is 40.3. The molecule has 0 bridgehead atoms. The molecule has 2 aromatic carbocycles. The predicted molar refractivity (Wildman–Crippen MR) is 111 cm³/mol. The molecule has 1 saturated carbocycles. The number of anilines is 2. The van der Waals surface area contributed by atoms with E-state index in [0.717, 1.165) is 12.8 Å². The number of rotatable bonds is 3. The van der Waals surface area contributed by atoms with Gasteiger partial charge in [-0.15, -0.1) is 0 Å². The Labute approximate surface area is 179 Å². The van der Waals surface area contributed by atoms with E-state index in [2.05, 4.69) is 5.32 Å². The molecule has 8 nitrogen and oxygen atoms in total. The Bertz CT molecular complexity index is 1050. The predicted octanol–water partition coefficient (Wildman–Crippen LogP) is 2.67. The van der Waals surface area contributed by atoms with Gasteiger partial charge in [0, 0.05) is 0 Å². The van der Waals surface area contributed by atoms with Gasteiger partial charge in [0.1, 0.15) is 12.1 Å². The van der Waals surface area contributed by atoms with Gasteiger partial charge in [-0.1, -0.05) is 37.1 Å². The third-order valence-corrected chi connectivity index (χ3v) is 6.03. The highest BCUT2D eigenvalue weighted by atomic mass is 16.6. The monoisotopic (exact) mass is 422 g/mol. The molecule has 1 aliphatic carbocycles. The average molecular weight is 422 g/mol. The summed E-state index contributed by atoms with van der Waals surface area (Å²) >= 11 is 0. The Morgan fingerprint density at radius 3 is 2.58 bits per heavy atom. The van der Waals surface area contributed by atoms with E-state index in [-0.39, 0.29) is 12.5 Å². The topological polar surface area (TPSA) is 94.2 Å². The Balaban J connectivity index is 1.32. The molecule has 2 aliphatic heterocycles. The highest BCUT2D eigenvalue weighted by molar-refractivity contribution is 6.15. The molecule has 5 rings (SSSR count). The first-order chi connectivity index (χ1) is 15.1. The van der Waals surface area contributed by atoms with Crippen molar-refractivity contribution in [3.8, 4) is 11.5 Å². The minimum Gasteiger partial charge on any atom is -0.485 e. The minimum atomic E-state index is -0.958. The van der Waals surface area contributed by atoms with Crippen LogP contribution in [-0.2, 0) is 19.1 Å². The van der Waals surface area contributed by atoms with E-state index < -0.39 is 30.1 Å². The molecule has 1 N–H and O–H groups in total. The van der Waals surface area contributed by atoms with Crippen LogP contribution in [0.25, 0.3) is 0 Å². The maximum Gasteiger partial charge on any atom is 0.351 e. The largest absolute Gasteiger partial charge is 0.485 e.